The highest BCUT2D eigenvalue weighted by Crippen LogP contribution is 2.13. The highest BCUT2D eigenvalue weighted by molar-refractivity contribution is 5.93. The number of carbonyl (C=O) groups is 1. The molecule has 0 aromatic heterocycles. The highest BCUT2D eigenvalue weighted by atomic mass is 19.1. The number of carbonyl (C=O) groups excluding carboxylic acids is 1. The molecule has 18 heavy (non-hydrogen) atoms. The van der Waals surface area contributed by atoms with Gasteiger partial charge in [-0.2, -0.15) is 0 Å². The topological polar surface area (TPSA) is 78.6 Å². The molecule has 1 atom stereocenters. The summed E-state index contributed by atoms with van der Waals surface area (Å²) in [6, 6.07) is 3.97. The largest absolute Gasteiger partial charge is 0.395 e. The number of aliphatic hydroxyl groups excluding tert-OH is 1. The average Bonchev–Trinajstić information content (AvgIpc) is 2.39. The van der Waals surface area contributed by atoms with Gasteiger partial charge in [0.1, 0.15) is 5.82 Å². The lowest BCUT2D eigenvalue weighted by Gasteiger charge is -2.23. The second-order valence-electron chi connectivity index (χ2n) is 4.23. The van der Waals surface area contributed by atoms with E-state index >= 15 is 0 Å². The third kappa shape index (κ3) is 3.49. The number of amides is 1. The molecule has 0 saturated carbocycles. The van der Waals surface area contributed by atoms with Crippen LogP contribution in [0.25, 0.3) is 0 Å². The zero-order chi connectivity index (χ0) is 13.7. The van der Waals surface area contributed by atoms with Crippen LogP contribution in [-0.4, -0.2) is 35.6 Å². The number of benzene rings is 1. The number of hydrogen-bond acceptors (Lipinski definition) is 4. The third-order valence-electron chi connectivity index (χ3n) is 2.88. The first-order chi connectivity index (χ1) is 8.49. The molecular formula is C12H18FN3O2. The van der Waals surface area contributed by atoms with Gasteiger partial charge in [0.2, 0.25) is 0 Å². The molecule has 0 spiro atoms. The Hall–Kier alpha value is -1.50. The monoisotopic (exact) mass is 255 g/mol. The number of nitrogen functional groups attached to an aromatic ring is 1. The van der Waals surface area contributed by atoms with Gasteiger partial charge in [0, 0.05) is 23.7 Å². The average molecular weight is 255 g/mol. The van der Waals surface area contributed by atoms with Crippen LogP contribution in [0.1, 0.15) is 22.8 Å². The predicted molar refractivity (Wildman–Crippen MR) is 66.1 cm³/mol. The maximum Gasteiger partial charge on any atom is 0.265 e. The maximum atomic E-state index is 13.6. The fourth-order valence-electron chi connectivity index (χ4n) is 1.48. The van der Waals surface area contributed by atoms with Crippen LogP contribution in [0.2, 0.25) is 0 Å². The summed E-state index contributed by atoms with van der Waals surface area (Å²) in [4.78, 5) is 13.1. The van der Waals surface area contributed by atoms with Crippen molar-refractivity contribution >= 4 is 5.91 Å². The zero-order valence-electron chi connectivity index (χ0n) is 10.5. The summed E-state index contributed by atoms with van der Waals surface area (Å²) in [5, 5.41) is 9.02. The van der Waals surface area contributed by atoms with E-state index in [0.29, 0.717) is 17.7 Å². The number of hydrogen-bond donors (Lipinski definition) is 3. The number of hydrazine groups is 1. The summed E-state index contributed by atoms with van der Waals surface area (Å²) in [6.45, 7) is 2.12. The normalized spacial score (nSPS) is 12.6. The first-order valence-corrected chi connectivity index (χ1v) is 5.60. The number of nitrogens with one attached hydrogen (secondary N) is 1. The second-order valence-corrected chi connectivity index (χ2v) is 4.23. The molecule has 0 bridgehead atoms. The molecule has 0 heterocycles. The van der Waals surface area contributed by atoms with Gasteiger partial charge in [-0.15, -0.1) is 0 Å². The van der Waals surface area contributed by atoms with Crippen LogP contribution >= 0.6 is 0 Å². The molecule has 1 aromatic rings. The summed E-state index contributed by atoms with van der Waals surface area (Å²) >= 11 is 0. The molecule has 4 N–H and O–H groups in total. The number of aliphatic hydroxyl groups is 1. The SMILES string of the molecule is CC(CO)N(C)Cc1cc(C(=O)NN)ccc1F. The molecule has 100 valence electrons. The molecule has 0 fully saturated rings. The Bertz CT molecular complexity index is 426. The molecule has 0 saturated heterocycles. The second kappa shape index (κ2) is 6.44. The molecule has 5 nitrogen and oxygen atoms in total. The van der Waals surface area contributed by atoms with E-state index in [-0.39, 0.29) is 18.5 Å². The minimum atomic E-state index is -0.464. The quantitative estimate of drug-likeness (QED) is 0.400. The van der Waals surface area contributed by atoms with Crippen molar-refractivity contribution in [3.05, 3.63) is 35.1 Å². The van der Waals surface area contributed by atoms with E-state index in [2.05, 4.69) is 0 Å². The fourth-order valence-corrected chi connectivity index (χ4v) is 1.48. The molecular weight excluding hydrogens is 237 g/mol. The molecule has 6 heteroatoms. The Morgan fingerprint density at radius 3 is 2.83 bits per heavy atom. The Morgan fingerprint density at radius 2 is 2.28 bits per heavy atom. The maximum absolute atomic E-state index is 13.6. The molecule has 0 aliphatic carbocycles. The number of nitrogens with two attached hydrogens (primary N) is 1. The van der Waals surface area contributed by atoms with Crippen LogP contribution in [0.3, 0.4) is 0 Å². The van der Waals surface area contributed by atoms with Crippen LogP contribution in [0.5, 0.6) is 0 Å². The first kappa shape index (κ1) is 14.6. The van der Waals surface area contributed by atoms with Gasteiger partial charge in [0.25, 0.3) is 5.91 Å². The Labute approximate surface area is 105 Å². The van der Waals surface area contributed by atoms with Crippen molar-refractivity contribution in [3.63, 3.8) is 0 Å². The Morgan fingerprint density at radius 1 is 1.61 bits per heavy atom. The summed E-state index contributed by atoms with van der Waals surface area (Å²) in [5.74, 6) is 4.17. The van der Waals surface area contributed by atoms with Crippen LogP contribution in [0.4, 0.5) is 4.39 Å². The van der Waals surface area contributed by atoms with Crippen molar-refractivity contribution in [2.75, 3.05) is 13.7 Å². The van der Waals surface area contributed by atoms with E-state index in [1.54, 1.807) is 11.9 Å². The number of nitrogens with zero attached hydrogens (tertiary/aromatic N) is 1. The van der Waals surface area contributed by atoms with Crippen molar-refractivity contribution in [1.29, 1.82) is 0 Å². The lowest BCUT2D eigenvalue weighted by atomic mass is 10.1. The van der Waals surface area contributed by atoms with E-state index in [1.165, 1.54) is 18.2 Å². The number of rotatable bonds is 5. The van der Waals surface area contributed by atoms with E-state index in [1.807, 2.05) is 12.3 Å². The number of halogens is 1. The minimum Gasteiger partial charge on any atom is -0.395 e. The van der Waals surface area contributed by atoms with Gasteiger partial charge >= 0.3 is 0 Å². The van der Waals surface area contributed by atoms with Gasteiger partial charge in [-0.05, 0) is 32.2 Å². The first-order valence-electron chi connectivity index (χ1n) is 5.60. The highest BCUT2D eigenvalue weighted by Gasteiger charge is 2.13. The molecule has 1 aromatic carbocycles. The minimum absolute atomic E-state index is 0.0128. The molecule has 1 amide bonds. The van der Waals surface area contributed by atoms with Gasteiger partial charge in [-0.3, -0.25) is 15.1 Å². The predicted octanol–water partition coefficient (Wildman–Crippen LogP) is 0.242. The zero-order valence-corrected chi connectivity index (χ0v) is 10.5. The molecule has 1 rings (SSSR count). The lowest BCUT2D eigenvalue weighted by Crippen LogP contribution is -2.32. The van der Waals surface area contributed by atoms with Gasteiger partial charge in [0.05, 0.1) is 6.61 Å². The van der Waals surface area contributed by atoms with Crippen LogP contribution in [0.15, 0.2) is 18.2 Å². The van der Waals surface area contributed by atoms with Crippen LogP contribution in [0, 0.1) is 5.82 Å². The van der Waals surface area contributed by atoms with Gasteiger partial charge < -0.3 is 5.11 Å². The summed E-state index contributed by atoms with van der Waals surface area (Å²) in [6.07, 6.45) is 0. The van der Waals surface area contributed by atoms with Crippen molar-refractivity contribution in [1.82, 2.24) is 10.3 Å². The Balaban J connectivity index is 2.91. The van der Waals surface area contributed by atoms with Gasteiger partial charge in [-0.1, -0.05) is 0 Å². The van der Waals surface area contributed by atoms with Crippen molar-refractivity contribution < 1.29 is 14.3 Å². The lowest BCUT2D eigenvalue weighted by molar-refractivity contribution is 0.0953. The molecule has 0 aliphatic heterocycles. The molecule has 1 unspecified atom stereocenters. The van der Waals surface area contributed by atoms with Crippen molar-refractivity contribution in [2.45, 2.75) is 19.5 Å². The summed E-state index contributed by atoms with van der Waals surface area (Å²) in [7, 11) is 1.77. The van der Waals surface area contributed by atoms with E-state index in [9.17, 15) is 9.18 Å². The smallest absolute Gasteiger partial charge is 0.265 e. The van der Waals surface area contributed by atoms with Crippen molar-refractivity contribution in [2.24, 2.45) is 5.84 Å². The van der Waals surface area contributed by atoms with E-state index < -0.39 is 5.91 Å². The van der Waals surface area contributed by atoms with Crippen molar-refractivity contribution in [3.8, 4) is 0 Å². The summed E-state index contributed by atoms with van der Waals surface area (Å²) in [5.41, 5.74) is 2.69. The Kier molecular flexibility index (Phi) is 5.21. The third-order valence-corrected chi connectivity index (χ3v) is 2.88. The standard InChI is InChI=1S/C12H18FN3O2/c1-8(7-17)16(2)6-10-5-9(12(18)15-14)3-4-11(10)13/h3-5,8,17H,6-7,14H2,1-2H3,(H,15,18). The molecule has 0 aliphatic rings. The van der Waals surface area contributed by atoms with Crippen LogP contribution in [-0.2, 0) is 6.54 Å². The van der Waals surface area contributed by atoms with E-state index in [0.717, 1.165) is 0 Å². The molecule has 0 radical (unpaired) electrons. The fraction of sp³-hybridized carbons (Fsp3) is 0.417. The van der Waals surface area contributed by atoms with Gasteiger partial charge in [-0.25, -0.2) is 10.2 Å². The number of likely N-dealkylation sites (N-methyl/N-ethyl adjacent to an activating group) is 1. The van der Waals surface area contributed by atoms with Crippen LogP contribution < -0.4 is 11.3 Å². The summed E-state index contributed by atoms with van der Waals surface area (Å²) < 4.78 is 13.6. The van der Waals surface area contributed by atoms with E-state index in [4.69, 9.17) is 10.9 Å². The van der Waals surface area contributed by atoms with Gasteiger partial charge in [0.15, 0.2) is 0 Å².